The fourth-order valence-corrected chi connectivity index (χ4v) is 3.56. The van der Waals surface area contributed by atoms with Gasteiger partial charge >= 0.3 is 5.97 Å². The number of carboxylic acid groups (broad SMARTS) is 1. The molecule has 1 unspecified atom stereocenters. The number of hydrogen-bond acceptors (Lipinski definition) is 3. The quantitative estimate of drug-likeness (QED) is 0.869. The Hall–Kier alpha value is -1.62. The van der Waals surface area contributed by atoms with Crippen molar-refractivity contribution in [2.24, 2.45) is 5.92 Å². The van der Waals surface area contributed by atoms with Crippen molar-refractivity contribution in [1.82, 2.24) is 0 Å². The van der Waals surface area contributed by atoms with Gasteiger partial charge in [-0.05, 0) is 18.1 Å². The van der Waals surface area contributed by atoms with Crippen molar-refractivity contribution in [2.75, 3.05) is 5.75 Å². The van der Waals surface area contributed by atoms with E-state index in [0.29, 0.717) is 5.56 Å². The van der Waals surface area contributed by atoms with E-state index in [0.717, 1.165) is 11.1 Å². The molecule has 4 nitrogen and oxygen atoms in total. The number of rotatable bonds is 6. The second-order valence-corrected chi connectivity index (χ2v) is 6.86. The van der Waals surface area contributed by atoms with E-state index in [1.165, 1.54) is 6.92 Å². The molecule has 1 rings (SSSR count). The fraction of sp³-hybridized carbons (Fsp3) is 0.357. The fourth-order valence-electron chi connectivity index (χ4n) is 1.86. The normalized spacial score (nSPS) is 12.9. The molecule has 1 N–H and O–H groups in total. The van der Waals surface area contributed by atoms with Crippen LogP contribution in [0.5, 0.6) is 0 Å². The van der Waals surface area contributed by atoms with Gasteiger partial charge < -0.3 is 5.11 Å². The molecule has 1 aromatic carbocycles. The third-order valence-electron chi connectivity index (χ3n) is 2.71. The summed E-state index contributed by atoms with van der Waals surface area (Å²) in [6, 6.07) is 5.45. The molecule has 0 aliphatic rings. The number of hydrogen-bond donors (Lipinski definition) is 1. The second kappa shape index (κ2) is 6.02. The summed E-state index contributed by atoms with van der Waals surface area (Å²) in [5.74, 6) is -2.49. The standard InChI is InChI=1S/C14H18O4S/c1-4-12-5-10(2)6-13(7-12)9-19(17,18)8-11(3)14(15)16/h4-7,11H,1,8-9H2,2-3H3,(H,15,16). The Balaban J connectivity index is 2.92. The van der Waals surface area contributed by atoms with Gasteiger partial charge in [-0.3, -0.25) is 4.79 Å². The van der Waals surface area contributed by atoms with Crippen molar-refractivity contribution in [3.8, 4) is 0 Å². The van der Waals surface area contributed by atoms with Crippen molar-refractivity contribution in [3.63, 3.8) is 0 Å². The molecule has 5 heteroatoms. The zero-order chi connectivity index (χ0) is 14.6. The van der Waals surface area contributed by atoms with Crippen molar-refractivity contribution < 1.29 is 18.3 Å². The van der Waals surface area contributed by atoms with Crippen molar-refractivity contribution in [3.05, 3.63) is 41.5 Å². The lowest BCUT2D eigenvalue weighted by molar-refractivity contribution is -0.140. The van der Waals surface area contributed by atoms with Crippen LogP contribution in [0.25, 0.3) is 6.08 Å². The molecule has 0 aromatic heterocycles. The van der Waals surface area contributed by atoms with Gasteiger partial charge in [0, 0.05) is 0 Å². The third kappa shape index (κ3) is 4.87. The van der Waals surface area contributed by atoms with Gasteiger partial charge in [0.05, 0.1) is 17.4 Å². The molecule has 0 bridgehead atoms. The van der Waals surface area contributed by atoms with E-state index in [-0.39, 0.29) is 11.5 Å². The predicted octanol–water partition coefficient (Wildman–Crippen LogP) is 2.27. The summed E-state index contributed by atoms with van der Waals surface area (Å²) in [5, 5.41) is 8.76. The van der Waals surface area contributed by atoms with E-state index in [9.17, 15) is 13.2 Å². The molecule has 0 radical (unpaired) electrons. The molecule has 0 aliphatic carbocycles. The number of carboxylic acids is 1. The molecule has 0 fully saturated rings. The zero-order valence-corrected chi connectivity index (χ0v) is 11.9. The second-order valence-electron chi connectivity index (χ2n) is 4.75. The first-order valence-electron chi connectivity index (χ1n) is 5.90. The molecule has 1 atom stereocenters. The van der Waals surface area contributed by atoms with E-state index in [2.05, 4.69) is 6.58 Å². The largest absolute Gasteiger partial charge is 0.481 e. The average Bonchev–Trinajstić information content (AvgIpc) is 2.26. The van der Waals surface area contributed by atoms with E-state index >= 15 is 0 Å². The minimum absolute atomic E-state index is 0.146. The number of aliphatic carboxylic acids is 1. The Morgan fingerprint density at radius 2 is 2.05 bits per heavy atom. The number of aryl methyl sites for hydroxylation is 1. The Morgan fingerprint density at radius 1 is 1.42 bits per heavy atom. The molecule has 0 heterocycles. The molecule has 0 aliphatic heterocycles. The highest BCUT2D eigenvalue weighted by atomic mass is 32.2. The van der Waals surface area contributed by atoms with Crippen molar-refractivity contribution >= 4 is 21.9 Å². The summed E-state index contributed by atoms with van der Waals surface area (Å²) in [7, 11) is -3.44. The monoisotopic (exact) mass is 282 g/mol. The summed E-state index contributed by atoms with van der Waals surface area (Å²) in [5.41, 5.74) is 2.47. The topological polar surface area (TPSA) is 71.4 Å². The van der Waals surface area contributed by atoms with Crippen LogP contribution in [-0.4, -0.2) is 25.2 Å². The molecule has 1 aromatic rings. The van der Waals surface area contributed by atoms with Gasteiger partial charge in [0.15, 0.2) is 9.84 Å². The Kier molecular flexibility index (Phi) is 4.89. The average molecular weight is 282 g/mol. The molecule has 19 heavy (non-hydrogen) atoms. The molecule has 0 saturated heterocycles. The van der Waals surface area contributed by atoms with E-state index < -0.39 is 21.7 Å². The Labute approximate surface area is 113 Å². The van der Waals surface area contributed by atoms with E-state index in [1.54, 1.807) is 18.2 Å². The van der Waals surface area contributed by atoms with Crippen LogP contribution in [0.15, 0.2) is 24.8 Å². The highest BCUT2D eigenvalue weighted by Gasteiger charge is 2.21. The maximum atomic E-state index is 11.9. The van der Waals surface area contributed by atoms with Crippen molar-refractivity contribution in [2.45, 2.75) is 19.6 Å². The molecule has 0 spiro atoms. The van der Waals surface area contributed by atoms with Gasteiger partial charge in [-0.15, -0.1) is 0 Å². The van der Waals surface area contributed by atoms with Crippen LogP contribution in [0.4, 0.5) is 0 Å². The lowest BCUT2D eigenvalue weighted by atomic mass is 10.1. The van der Waals surface area contributed by atoms with Crippen LogP contribution in [0.1, 0.15) is 23.6 Å². The van der Waals surface area contributed by atoms with Gasteiger partial charge in [-0.25, -0.2) is 8.42 Å². The van der Waals surface area contributed by atoms with Gasteiger partial charge in [0.25, 0.3) is 0 Å². The van der Waals surface area contributed by atoms with E-state index in [1.807, 2.05) is 13.0 Å². The van der Waals surface area contributed by atoms with E-state index in [4.69, 9.17) is 5.11 Å². The molecule has 0 amide bonds. The first kappa shape index (κ1) is 15.4. The Morgan fingerprint density at radius 3 is 2.58 bits per heavy atom. The number of sulfone groups is 1. The Bertz CT molecular complexity index is 587. The van der Waals surface area contributed by atoms with Gasteiger partial charge in [0.2, 0.25) is 0 Å². The van der Waals surface area contributed by atoms with Crippen molar-refractivity contribution in [1.29, 1.82) is 0 Å². The molecular formula is C14H18O4S. The maximum absolute atomic E-state index is 11.9. The lowest BCUT2D eigenvalue weighted by Crippen LogP contribution is -2.22. The van der Waals surface area contributed by atoms with Crippen LogP contribution < -0.4 is 0 Å². The van der Waals surface area contributed by atoms with Crippen LogP contribution in [-0.2, 0) is 20.4 Å². The van der Waals surface area contributed by atoms with Gasteiger partial charge in [-0.2, -0.15) is 0 Å². The molecule has 104 valence electrons. The predicted molar refractivity (Wildman–Crippen MR) is 75.6 cm³/mol. The van der Waals surface area contributed by atoms with Crippen LogP contribution in [0, 0.1) is 12.8 Å². The number of benzene rings is 1. The summed E-state index contributed by atoms with van der Waals surface area (Å²) in [6.07, 6.45) is 1.66. The first-order valence-corrected chi connectivity index (χ1v) is 7.72. The highest BCUT2D eigenvalue weighted by Crippen LogP contribution is 2.15. The molecule has 0 saturated carbocycles. The summed E-state index contributed by atoms with van der Waals surface area (Å²) in [6.45, 7) is 6.93. The maximum Gasteiger partial charge on any atom is 0.307 e. The minimum atomic E-state index is -3.44. The number of carbonyl (C=O) groups is 1. The van der Waals surface area contributed by atoms with Gasteiger partial charge in [0.1, 0.15) is 0 Å². The molecular weight excluding hydrogens is 264 g/mol. The highest BCUT2D eigenvalue weighted by molar-refractivity contribution is 7.90. The third-order valence-corrected chi connectivity index (χ3v) is 4.49. The SMILES string of the molecule is C=Cc1cc(C)cc(CS(=O)(=O)CC(C)C(=O)O)c1. The summed E-state index contributed by atoms with van der Waals surface area (Å²) in [4.78, 5) is 10.7. The summed E-state index contributed by atoms with van der Waals surface area (Å²) >= 11 is 0. The van der Waals surface area contributed by atoms with Crippen LogP contribution in [0.3, 0.4) is 0 Å². The zero-order valence-electron chi connectivity index (χ0n) is 11.1. The van der Waals surface area contributed by atoms with Gasteiger partial charge in [-0.1, -0.05) is 43.3 Å². The smallest absolute Gasteiger partial charge is 0.307 e. The van der Waals surface area contributed by atoms with Crippen LogP contribution in [0.2, 0.25) is 0 Å². The lowest BCUT2D eigenvalue weighted by Gasteiger charge is -2.09. The first-order chi connectivity index (χ1) is 8.73. The summed E-state index contributed by atoms with van der Waals surface area (Å²) < 4.78 is 23.9. The minimum Gasteiger partial charge on any atom is -0.481 e. The van der Waals surface area contributed by atoms with Crippen LogP contribution >= 0.6 is 0 Å².